The monoisotopic (exact) mass is 383 g/mol. The summed E-state index contributed by atoms with van der Waals surface area (Å²) in [5.74, 6) is 0.568. The summed E-state index contributed by atoms with van der Waals surface area (Å²) in [5.41, 5.74) is 2.37. The number of nitrogens with one attached hydrogen (secondary N) is 1. The van der Waals surface area contributed by atoms with Gasteiger partial charge in [0.25, 0.3) is 5.91 Å². The number of nitrogens with zero attached hydrogens (tertiary/aromatic N) is 6. The number of likely N-dealkylation sites (tertiary alicyclic amines) is 1. The summed E-state index contributed by atoms with van der Waals surface area (Å²) in [5, 5.41) is 16.6. The summed E-state index contributed by atoms with van der Waals surface area (Å²) in [4.78, 5) is 19.5. The van der Waals surface area contributed by atoms with Gasteiger partial charge in [-0.2, -0.15) is 0 Å². The van der Waals surface area contributed by atoms with Crippen LogP contribution < -0.4 is 5.32 Å². The standard InChI is InChI=1S/C18H21N7OS/c1-13-3-2-8-24(9-13)10-15-11-27-18(20-15)21-17(26)14-4-6-16(7-5-14)25-12-19-22-23-25/h4-7,11-13H,2-3,8-10H2,1H3,(H,20,21,26). The topological polar surface area (TPSA) is 88.8 Å². The summed E-state index contributed by atoms with van der Waals surface area (Å²) in [7, 11) is 0. The van der Waals surface area contributed by atoms with Crippen molar-refractivity contribution in [2.24, 2.45) is 5.92 Å². The third kappa shape index (κ3) is 4.37. The number of hydrogen-bond donors (Lipinski definition) is 1. The van der Waals surface area contributed by atoms with Gasteiger partial charge in [-0.3, -0.25) is 15.0 Å². The van der Waals surface area contributed by atoms with Crippen LogP contribution in [0.15, 0.2) is 36.0 Å². The molecule has 0 radical (unpaired) electrons. The molecule has 1 unspecified atom stereocenters. The Kier molecular flexibility index (Phi) is 5.21. The first-order valence-electron chi connectivity index (χ1n) is 8.99. The van der Waals surface area contributed by atoms with Gasteiger partial charge in [-0.25, -0.2) is 9.67 Å². The molecule has 1 amide bonds. The first-order valence-corrected chi connectivity index (χ1v) is 9.87. The van der Waals surface area contributed by atoms with Crippen molar-refractivity contribution in [2.45, 2.75) is 26.3 Å². The van der Waals surface area contributed by atoms with E-state index in [0.717, 1.165) is 36.9 Å². The Morgan fingerprint density at radius 1 is 1.33 bits per heavy atom. The van der Waals surface area contributed by atoms with Crippen LogP contribution >= 0.6 is 11.3 Å². The van der Waals surface area contributed by atoms with Crippen LogP contribution in [0, 0.1) is 5.92 Å². The number of rotatable bonds is 5. The number of tetrazole rings is 1. The molecule has 1 atom stereocenters. The van der Waals surface area contributed by atoms with E-state index in [2.05, 4.69) is 37.6 Å². The van der Waals surface area contributed by atoms with Crippen molar-refractivity contribution >= 4 is 22.4 Å². The molecular formula is C18H21N7OS. The van der Waals surface area contributed by atoms with Gasteiger partial charge in [0, 0.05) is 24.0 Å². The van der Waals surface area contributed by atoms with E-state index < -0.39 is 0 Å². The fourth-order valence-corrected chi connectivity index (χ4v) is 4.01. The summed E-state index contributed by atoms with van der Waals surface area (Å²) >= 11 is 1.46. The maximum absolute atomic E-state index is 12.5. The SMILES string of the molecule is CC1CCCN(Cc2csc(NC(=O)c3ccc(-n4cnnn4)cc3)n2)C1. The molecule has 27 heavy (non-hydrogen) atoms. The summed E-state index contributed by atoms with van der Waals surface area (Å²) < 4.78 is 1.54. The lowest BCUT2D eigenvalue weighted by molar-refractivity contribution is 0.102. The zero-order chi connectivity index (χ0) is 18.6. The lowest BCUT2D eigenvalue weighted by Gasteiger charge is -2.30. The minimum Gasteiger partial charge on any atom is -0.298 e. The van der Waals surface area contributed by atoms with Crippen molar-refractivity contribution in [3.8, 4) is 5.69 Å². The van der Waals surface area contributed by atoms with Crippen LogP contribution in [0.3, 0.4) is 0 Å². The molecule has 3 heterocycles. The molecule has 8 nitrogen and oxygen atoms in total. The maximum Gasteiger partial charge on any atom is 0.257 e. The van der Waals surface area contributed by atoms with Crippen molar-refractivity contribution in [2.75, 3.05) is 18.4 Å². The Balaban J connectivity index is 1.36. The second kappa shape index (κ2) is 7.93. The van der Waals surface area contributed by atoms with Gasteiger partial charge in [-0.1, -0.05) is 6.92 Å². The van der Waals surface area contributed by atoms with Crippen molar-refractivity contribution in [1.82, 2.24) is 30.1 Å². The predicted octanol–water partition coefficient (Wildman–Crippen LogP) is 2.60. The number of amides is 1. The van der Waals surface area contributed by atoms with E-state index in [1.807, 2.05) is 5.38 Å². The van der Waals surface area contributed by atoms with Crippen molar-refractivity contribution in [1.29, 1.82) is 0 Å². The molecule has 0 aliphatic carbocycles. The molecule has 0 saturated carbocycles. The van der Waals surface area contributed by atoms with E-state index in [4.69, 9.17) is 0 Å². The largest absolute Gasteiger partial charge is 0.298 e. The van der Waals surface area contributed by atoms with E-state index in [1.165, 1.54) is 35.2 Å². The first kappa shape index (κ1) is 17.7. The number of benzene rings is 1. The van der Waals surface area contributed by atoms with E-state index in [0.29, 0.717) is 10.7 Å². The minimum atomic E-state index is -0.175. The number of aromatic nitrogens is 5. The van der Waals surface area contributed by atoms with E-state index in [-0.39, 0.29) is 5.91 Å². The van der Waals surface area contributed by atoms with Crippen molar-refractivity contribution in [3.05, 3.63) is 47.2 Å². The molecule has 1 N–H and O–H groups in total. The van der Waals surface area contributed by atoms with Gasteiger partial charge < -0.3 is 0 Å². The second-order valence-corrected chi connectivity index (χ2v) is 7.74. The molecule has 1 fully saturated rings. The molecule has 1 aliphatic rings. The third-order valence-electron chi connectivity index (χ3n) is 4.64. The molecule has 1 aromatic carbocycles. The predicted molar refractivity (Wildman–Crippen MR) is 103 cm³/mol. The molecule has 3 aromatic rings. The molecule has 4 rings (SSSR count). The van der Waals surface area contributed by atoms with Crippen molar-refractivity contribution < 1.29 is 4.79 Å². The van der Waals surface area contributed by atoms with Crippen LogP contribution in [0.1, 0.15) is 35.8 Å². The molecule has 1 aliphatic heterocycles. The number of carbonyl (C=O) groups excluding carboxylic acids is 1. The zero-order valence-corrected chi connectivity index (χ0v) is 15.9. The summed E-state index contributed by atoms with van der Waals surface area (Å²) in [6.07, 6.45) is 4.06. The van der Waals surface area contributed by atoms with Gasteiger partial charge >= 0.3 is 0 Å². The number of piperidine rings is 1. The number of thiazole rings is 1. The molecule has 0 spiro atoms. The minimum absolute atomic E-state index is 0.175. The Morgan fingerprint density at radius 3 is 2.93 bits per heavy atom. The van der Waals surface area contributed by atoms with Crippen LogP contribution in [0.25, 0.3) is 5.69 Å². The normalized spacial score (nSPS) is 17.7. The van der Waals surface area contributed by atoms with Crippen LogP contribution in [0.4, 0.5) is 5.13 Å². The van der Waals surface area contributed by atoms with Gasteiger partial charge in [-0.05, 0) is 60.0 Å². The smallest absolute Gasteiger partial charge is 0.257 e. The molecule has 9 heteroatoms. The lowest BCUT2D eigenvalue weighted by Crippen LogP contribution is -2.33. The lowest BCUT2D eigenvalue weighted by atomic mass is 10.0. The highest BCUT2D eigenvalue weighted by Gasteiger charge is 2.17. The second-order valence-electron chi connectivity index (χ2n) is 6.88. The molecule has 0 bridgehead atoms. The Morgan fingerprint density at radius 2 is 2.19 bits per heavy atom. The van der Waals surface area contributed by atoms with E-state index in [9.17, 15) is 4.79 Å². The highest BCUT2D eigenvalue weighted by molar-refractivity contribution is 7.13. The third-order valence-corrected chi connectivity index (χ3v) is 5.45. The highest BCUT2D eigenvalue weighted by atomic mass is 32.1. The maximum atomic E-state index is 12.5. The average Bonchev–Trinajstić information content (AvgIpc) is 3.34. The van der Waals surface area contributed by atoms with Crippen LogP contribution in [0.2, 0.25) is 0 Å². The fourth-order valence-electron chi connectivity index (χ4n) is 3.31. The van der Waals surface area contributed by atoms with Crippen LogP contribution in [0.5, 0.6) is 0 Å². The summed E-state index contributed by atoms with van der Waals surface area (Å²) in [6, 6.07) is 7.10. The van der Waals surface area contributed by atoms with Gasteiger partial charge in [0.05, 0.1) is 11.4 Å². The number of hydrogen-bond acceptors (Lipinski definition) is 7. The van der Waals surface area contributed by atoms with E-state index >= 15 is 0 Å². The van der Waals surface area contributed by atoms with Crippen LogP contribution in [-0.4, -0.2) is 49.1 Å². The summed E-state index contributed by atoms with van der Waals surface area (Å²) in [6.45, 7) is 5.38. The molecule has 1 saturated heterocycles. The molecule has 2 aromatic heterocycles. The zero-order valence-electron chi connectivity index (χ0n) is 15.1. The number of carbonyl (C=O) groups is 1. The molecular weight excluding hydrogens is 362 g/mol. The average molecular weight is 383 g/mol. The van der Waals surface area contributed by atoms with Gasteiger partial charge in [0.2, 0.25) is 0 Å². The van der Waals surface area contributed by atoms with Gasteiger partial charge in [-0.15, -0.1) is 16.4 Å². The van der Waals surface area contributed by atoms with E-state index in [1.54, 1.807) is 24.3 Å². The fraction of sp³-hybridized carbons (Fsp3) is 0.389. The van der Waals surface area contributed by atoms with Gasteiger partial charge in [0.15, 0.2) is 5.13 Å². The first-order chi connectivity index (χ1) is 13.2. The number of anilines is 1. The van der Waals surface area contributed by atoms with Gasteiger partial charge in [0.1, 0.15) is 6.33 Å². The Bertz CT molecular complexity index is 891. The van der Waals surface area contributed by atoms with Crippen molar-refractivity contribution in [3.63, 3.8) is 0 Å². The molecule has 140 valence electrons. The quantitative estimate of drug-likeness (QED) is 0.728. The van der Waals surface area contributed by atoms with Crippen LogP contribution in [-0.2, 0) is 6.54 Å². The highest BCUT2D eigenvalue weighted by Crippen LogP contribution is 2.21. The Hall–Kier alpha value is -2.65. The Labute approximate surface area is 161 Å².